The number of halogens is 2. The van der Waals surface area contributed by atoms with Crippen molar-refractivity contribution in [2.24, 2.45) is 10.9 Å². The molecule has 0 saturated heterocycles. The topological polar surface area (TPSA) is 42.3 Å². The van der Waals surface area contributed by atoms with Crippen LogP contribution in [0, 0.1) is 17.6 Å². The lowest BCUT2D eigenvalue weighted by atomic mass is 9.95. The number of thiazole rings is 1. The number of carbonyl (C=O) groups excluding carboxylic acids is 1. The molecule has 2 aromatic rings. The minimum Gasteiger partial charge on any atom is -0.297 e. The maximum atomic E-state index is 13.5. The van der Waals surface area contributed by atoms with Gasteiger partial charge in [-0.2, -0.15) is 0 Å². The number of hydrogen-bond acceptors (Lipinski definition) is 4. The van der Waals surface area contributed by atoms with Crippen LogP contribution in [0.25, 0.3) is 10.2 Å². The number of fused-ring (bicyclic) bond motifs is 1. The third-order valence-electron chi connectivity index (χ3n) is 3.10. The van der Waals surface area contributed by atoms with E-state index in [1.807, 2.05) is 0 Å². The molecule has 0 amide bonds. The second kappa shape index (κ2) is 4.77. The lowest BCUT2D eigenvalue weighted by Crippen LogP contribution is -2.23. The molecule has 1 aliphatic heterocycles. The Balaban J connectivity index is 1.91. The summed E-state index contributed by atoms with van der Waals surface area (Å²) in [5.74, 6) is -1.34. The summed E-state index contributed by atoms with van der Waals surface area (Å²) in [5.41, 5.74) is 0.179. The summed E-state index contributed by atoms with van der Waals surface area (Å²) in [4.78, 5) is 19.7. The van der Waals surface area contributed by atoms with E-state index < -0.39 is 11.6 Å². The molecule has 19 heavy (non-hydrogen) atoms. The minimum atomic E-state index is -0.658. The van der Waals surface area contributed by atoms with Crippen LogP contribution in [0.4, 0.5) is 8.78 Å². The summed E-state index contributed by atoms with van der Waals surface area (Å²) in [5, 5.41) is 0.660. The fourth-order valence-electron chi connectivity index (χ4n) is 2.12. The molecular weight excluding hydrogens is 270 g/mol. The molecule has 0 aliphatic carbocycles. The Morgan fingerprint density at radius 2 is 2.21 bits per heavy atom. The molecule has 2 heterocycles. The van der Waals surface area contributed by atoms with Gasteiger partial charge in [0.25, 0.3) is 0 Å². The van der Waals surface area contributed by atoms with Crippen LogP contribution in [0.2, 0.25) is 0 Å². The molecule has 0 radical (unpaired) electrons. The number of ketones is 1. The van der Waals surface area contributed by atoms with E-state index in [0.717, 1.165) is 6.07 Å². The zero-order valence-electron chi connectivity index (χ0n) is 9.90. The molecule has 98 valence electrons. The number of hydrogen-bond donors (Lipinski definition) is 0. The summed E-state index contributed by atoms with van der Waals surface area (Å²) in [6.45, 7) is 0.207. The number of aliphatic imine (C=N–C) groups is 1. The number of benzene rings is 1. The first-order chi connectivity index (χ1) is 9.13. The molecule has 1 unspecified atom stereocenters. The van der Waals surface area contributed by atoms with Crippen molar-refractivity contribution in [3.8, 4) is 0 Å². The van der Waals surface area contributed by atoms with E-state index in [0.29, 0.717) is 22.5 Å². The lowest BCUT2D eigenvalue weighted by Gasteiger charge is -2.13. The van der Waals surface area contributed by atoms with Crippen molar-refractivity contribution in [1.82, 2.24) is 4.98 Å². The molecule has 3 rings (SSSR count). The average molecular weight is 280 g/mol. The Bertz CT molecular complexity index is 681. The predicted molar refractivity (Wildman–Crippen MR) is 69.7 cm³/mol. The van der Waals surface area contributed by atoms with Crippen LogP contribution in [0.3, 0.4) is 0 Å². The predicted octanol–water partition coefficient (Wildman–Crippen LogP) is 2.78. The van der Waals surface area contributed by atoms with Crippen LogP contribution in [0.15, 0.2) is 17.1 Å². The highest BCUT2D eigenvalue weighted by Gasteiger charge is 2.22. The standard InChI is InChI=1S/C13H10F2N2OS/c14-8-4-9(15)13-11(5-8)19-12(17-13)3-7-1-2-16-6-10(7)18/h2,4-5,7H,1,3,6H2. The quantitative estimate of drug-likeness (QED) is 0.849. The van der Waals surface area contributed by atoms with E-state index in [1.165, 1.54) is 17.4 Å². The molecule has 1 atom stereocenters. The van der Waals surface area contributed by atoms with Crippen LogP contribution in [0.1, 0.15) is 11.4 Å². The van der Waals surface area contributed by atoms with Crippen molar-refractivity contribution in [1.29, 1.82) is 0 Å². The second-order valence-corrected chi connectivity index (χ2v) is 5.58. The fourth-order valence-corrected chi connectivity index (χ4v) is 3.20. The Morgan fingerprint density at radius 1 is 1.37 bits per heavy atom. The maximum absolute atomic E-state index is 13.5. The van der Waals surface area contributed by atoms with Crippen molar-refractivity contribution in [2.45, 2.75) is 12.8 Å². The van der Waals surface area contributed by atoms with Gasteiger partial charge in [0.2, 0.25) is 0 Å². The van der Waals surface area contributed by atoms with Crippen LogP contribution in [-0.2, 0) is 11.2 Å². The van der Waals surface area contributed by atoms with E-state index in [-0.39, 0.29) is 23.8 Å². The molecule has 1 aliphatic rings. The first-order valence-electron chi connectivity index (χ1n) is 5.89. The van der Waals surface area contributed by atoms with Gasteiger partial charge in [-0.05, 0) is 18.7 Å². The minimum absolute atomic E-state index is 0.0772. The molecule has 0 spiro atoms. The maximum Gasteiger partial charge on any atom is 0.158 e. The fraction of sp³-hybridized carbons (Fsp3) is 0.308. The summed E-state index contributed by atoms with van der Waals surface area (Å²) in [6, 6.07) is 2.09. The summed E-state index contributed by atoms with van der Waals surface area (Å²) in [7, 11) is 0. The van der Waals surface area contributed by atoms with Gasteiger partial charge in [-0.15, -0.1) is 11.3 Å². The monoisotopic (exact) mass is 280 g/mol. The summed E-state index contributed by atoms with van der Waals surface area (Å²) in [6.07, 6.45) is 2.79. The van der Waals surface area contributed by atoms with Gasteiger partial charge >= 0.3 is 0 Å². The van der Waals surface area contributed by atoms with Crippen molar-refractivity contribution in [3.63, 3.8) is 0 Å². The van der Waals surface area contributed by atoms with Gasteiger partial charge in [0.05, 0.1) is 16.3 Å². The van der Waals surface area contributed by atoms with Crippen LogP contribution < -0.4 is 0 Å². The second-order valence-electron chi connectivity index (χ2n) is 4.47. The molecule has 0 fully saturated rings. The Kier molecular flexibility index (Phi) is 3.10. The van der Waals surface area contributed by atoms with Gasteiger partial charge in [-0.25, -0.2) is 13.8 Å². The van der Waals surface area contributed by atoms with E-state index in [9.17, 15) is 13.6 Å². The molecule has 0 N–H and O–H groups in total. The van der Waals surface area contributed by atoms with Crippen molar-refractivity contribution in [3.05, 3.63) is 28.8 Å². The molecular formula is C13H10F2N2OS. The summed E-state index contributed by atoms with van der Waals surface area (Å²) >= 11 is 1.23. The lowest BCUT2D eigenvalue weighted by molar-refractivity contribution is -0.121. The van der Waals surface area contributed by atoms with Crippen LogP contribution >= 0.6 is 11.3 Å². The Morgan fingerprint density at radius 3 is 3.00 bits per heavy atom. The van der Waals surface area contributed by atoms with Crippen molar-refractivity contribution >= 4 is 33.6 Å². The van der Waals surface area contributed by atoms with Crippen molar-refractivity contribution < 1.29 is 13.6 Å². The van der Waals surface area contributed by atoms with Gasteiger partial charge in [-0.3, -0.25) is 9.79 Å². The van der Waals surface area contributed by atoms with Crippen molar-refractivity contribution in [2.75, 3.05) is 6.54 Å². The molecule has 0 bridgehead atoms. The summed E-state index contributed by atoms with van der Waals surface area (Å²) < 4.78 is 27.1. The van der Waals surface area contributed by atoms with Crippen LogP contribution in [-0.4, -0.2) is 23.5 Å². The normalized spacial score (nSPS) is 19.3. The van der Waals surface area contributed by atoms with E-state index in [4.69, 9.17) is 0 Å². The zero-order chi connectivity index (χ0) is 13.4. The number of rotatable bonds is 2. The smallest absolute Gasteiger partial charge is 0.158 e. The highest BCUT2D eigenvalue weighted by atomic mass is 32.1. The highest BCUT2D eigenvalue weighted by molar-refractivity contribution is 7.18. The van der Waals surface area contributed by atoms with E-state index >= 15 is 0 Å². The zero-order valence-corrected chi connectivity index (χ0v) is 10.7. The third-order valence-corrected chi connectivity index (χ3v) is 4.12. The first-order valence-corrected chi connectivity index (χ1v) is 6.70. The molecule has 1 aromatic carbocycles. The van der Waals surface area contributed by atoms with Gasteiger partial charge in [0.1, 0.15) is 11.3 Å². The number of aromatic nitrogens is 1. The SMILES string of the molecule is O=C1CN=CCC1Cc1nc2c(F)cc(F)cc2s1. The number of nitrogens with zero attached hydrogens (tertiary/aromatic N) is 2. The van der Waals surface area contributed by atoms with E-state index in [1.54, 1.807) is 6.21 Å². The van der Waals surface area contributed by atoms with Gasteiger partial charge in [0.15, 0.2) is 11.6 Å². The van der Waals surface area contributed by atoms with E-state index in [2.05, 4.69) is 9.98 Å². The first kappa shape index (κ1) is 12.3. The number of carbonyl (C=O) groups is 1. The van der Waals surface area contributed by atoms with Gasteiger partial charge in [0, 0.05) is 18.4 Å². The average Bonchev–Trinajstić information content (AvgIpc) is 2.75. The highest BCUT2D eigenvalue weighted by Crippen LogP contribution is 2.28. The third kappa shape index (κ3) is 2.40. The Labute approximate surface area is 112 Å². The molecule has 3 nitrogen and oxygen atoms in total. The Hall–Kier alpha value is -1.69. The molecule has 1 aromatic heterocycles. The molecule has 0 saturated carbocycles. The van der Waals surface area contributed by atoms with Gasteiger partial charge in [-0.1, -0.05) is 0 Å². The largest absolute Gasteiger partial charge is 0.297 e. The van der Waals surface area contributed by atoms with Crippen LogP contribution in [0.5, 0.6) is 0 Å². The number of Topliss-reactive ketones (excluding diaryl/α,β-unsaturated/α-hetero) is 1. The van der Waals surface area contributed by atoms with Gasteiger partial charge < -0.3 is 0 Å². The molecule has 6 heteroatoms.